The number of rotatable bonds is 6. The molecule has 4 heteroatoms. The lowest BCUT2D eigenvalue weighted by Crippen LogP contribution is -2.23. The Morgan fingerprint density at radius 1 is 1.47 bits per heavy atom. The molecule has 2 rings (SSSR count). The normalized spacial score (nSPS) is 18.8. The van der Waals surface area contributed by atoms with Gasteiger partial charge in [0.2, 0.25) is 5.91 Å². The number of nitrogens with one attached hydrogen (secondary N) is 1. The topological polar surface area (TPSA) is 46.9 Å². The van der Waals surface area contributed by atoms with E-state index in [0.717, 1.165) is 32.2 Å². The van der Waals surface area contributed by atoms with Gasteiger partial charge in [-0.1, -0.05) is 18.2 Å². The van der Waals surface area contributed by atoms with Crippen LogP contribution in [-0.4, -0.2) is 22.0 Å². The zero-order valence-corrected chi connectivity index (χ0v) is 11.2. The van der Waals surface area contributed by atoms with Gasteiger partial charge in [-0.15, -0.1) is 0 Å². The summed E-state index contributed by atoms with van der Waals surface area (Å²) in [6.45, 7) is 1.59. The molecule has 0 bridgehead atoms. The van der Waals surface area contributed by atoms with Crippen LogP contribution in [0.4, 0.5) is 0 Å². The molecule has 19 heavy (non-hydrogen) atoms. The average molecular weight is 259 g/mol. The quantitative estimate of drug-likeness (QED) is 0.484. The van der Waals surface area contributed by atoms with Gasteiger partial charge in [0, 0.05) is 25.5 Å². The van der Waals surface area contributed by atoms with Crippen molar-refractivity contribution in [2.45, 2.75) is 32.2 Å². The van der Waals surface area contributed by atoms with Crippen LogP contribution in [0.25, 0.3) is 0 Å². The summed E-state index contributed by atoms with van der Waals surface area (Å²) in [6.07, 6.45) is 17.9. The number of amides is 1. The SMILES string of the molecule is O=C(C=CC1CC=CCC1)NCCCn1ccnc1. The van der Waals surface area contributed by atoms with E-state index >= 15 is 0 Å². The highest BCUT2D eigenvalue weighted by Crippen LogP contribution is 2.18. The number of allylic oxidation sites excluding steroid dienone is 3. The monoisotopic (exact) mass is 259 g/mol. The maximum absolute atomic E-state index is 11.6. The Labute approximate surface area is 114 Å². The largest absolute Gasteiger partial charge is 0.352 e. The van der Waals surface area contributed by atoms with Crippen molar-refractivity contribution in [3.05, 3.63) is 43.0 Å². The highest BCUT2D eigenvalue weighted by molar-refractivity contribution is 5.87. The molecule has 4 nitrogen and oxygen atoms in total. The van der Waals surface area contributed by atoms with Gasteiger partial charge in [0.25, 0.3) is 0 Å². The molecule has 1 aromatic rings. The Morgan fingerprint density at radius 3 is 3.16 bits per heavy atom. The first kappa shape index (κ1) is 13.6. The van der Waals surface area contributed by atoms with Crippen molar-refractivity contribution < 1.29 is 4.79 Å². The lowest BCUT2D eigenvalue weighted by molar-refractivity contribution is -0.116. The van der Waals surface area contributed by atoms with Crippen molar-refractivity contribution in [2.75, 3.05) is 6.54 Å². The number of imidazole rings is 1. The van der Waals surface area contributed by atoms with Crippen LogP contribution in [0.2, 0.25) is 0 Å². The Morgan fingerprint density at radius 2 is 2.42 bits per heavy atom. The van der Waals surface area contributed by atoms with Crippen LogP contribution in [0.5, 0.6) is 0 Å². The van der Waals surface area contributed by atoms with E-state index < -0.39 is 0 Å². The summed E-state index contributed by atoms with van der Waals surface area (Å²) in [4.78, 5) is 15.6. The molecule has 0 aliphatic heterocycles. The zero-order chi connectivity index (χ0) is 13.3. The van der Waals surface area contributed by atoms with E-state index in [4.69, 9.17) is 0 Å². The Hall–Kier alpha value is -1.84. The summed E-state index contributed by atoms with van der Waals surface area (Å²) in [5, 5.41) is 2.91. The van der Waals surface area contributed by atoms with E-state index in [9.17, 15) is 4.79 Å². The number of carbonyl (C=O) groups excluding carboxylic acids is 1. The number of hydrogen-bond acceptors (Lipinski definition) is 2. The predicted octanol–water partition coefficient (Wildman–Crippen LogP) is 2.30. The fourth-order valence-corrected chi connectivity index (χ4v) is 2.17. The van der Waals surface area contributed by atoms with Gasteiger partial charge in [0.1, 0.15) is 0 Å². The third-order valence-electron chi connectivity index (χ3n) is 3.28. The second kappa shape index (κ2) is 7.56. The van der Waals surface area contributed by atoms with Crippen molar-refractivity contribution in [3.63, 3.8) is 0 Å². The number of aryl methyl sites for hydroxylation is 1. The van der Waals surface area contributed by atoms with Crippen LogP contribution in [-0.2, 0) is 11.3 Å². The van der Waals surface area contributed by atoms with E-state index in [-0.39, 0.29) is 5.91 Å². The average Bonchev–Trinajstić information content (AvgIpc) is 2.96. The lowest BCUT2D eigenvalue weighted by atomic mass is 9.94. The molecule has 1 aliphatic rings. The minimum atomic E-state index is 0.0141. The molecular weight excluding hydrogens is 238 g/mol. The van der Waals surface area contributed by atoms with Gasteiger partial charge in [-0.2, -0.15) is 0 Å². The van der Waals surface area contributed by atoms with E-state index in [0.29, 0.717) is 12.5 Å². The number of aromatic nitrogens is 2. The number of carbonyl (C=O) groups is 1. The van der Waals surface area contributed by atoms with Crippen molar-refractivity contribution in [1.82, 2.24) is 14.9 Å². The van der Waals surface area contributed by atoms with Crippen LogP contribution in [0, 0.1) is 5.92 Å². The fourth-order valence-electron chi connectivity index (χ4n) is 2.17. The first-order valence-electron chi connectivity index (χ1n) is 6.91. The third-order valence-corrected chi connectivity index (χ3v) is 3.28. The molecule has 1 N–H and O–H groups in total. The van der Waals surface area contributed by atoms with E-state index in [1.54, 1.807) is 18.6 Å². The van der Waals surface area contributed by atoms with Gasteiger partial charge in [0.15, 0.2) is 0 Å². The summed E-state index contributed by atoms with van der Waals surface area (Å²) in [5.41, 5.74) is 0. The predicted molar refractivity (Wildman–Crippen MR) is 75.5 cm³/mol. The molecule has 0 saturated carbocycles. The van der Waals surface area contributed by atoms with Gasteiger partial charge < -0.3 is 9.88 Å². The number of hydrogen-bond donors (Lipinski definition) is 1. The summed E-state index contributed by atoms with van der Waals surface area (Å²) < 4.78 is 2.01. The van der Waals surface area contributed by atoms with Crippen molar-refractivity contribution in [2.24, 2.45) is 5.92 Å². The van der Waals surface area contributed by atoms with Crippen molar-refractivity contribution in [1.29, 1.82) is 0 Å². The highest BCUT2D eigenvalue weighted by atomic mass is 16.1. The molecule has 0 saturated heterocycles. The van der Waals surface area contributed by atoms with Crippen LogP contribution >= 0.6 is 0 Å². The second-order valence-electron chi connectivity index (χ2n) is 4.85. The molecule has 1 unspecified atom stereocenters. The number of nitrogens with zero attached hydrogens (tertiary/aromatic N) is 2. The lowest BCUT2D eigenvalue weighted by Gasteiger charge is -2.12. The summed E-state index contributed by atoms with van der Waals surface area (Å²) in [6, 6.07) is 0. The standard InChI is InChI=1S/C15H21N3O/c19-15(8-7-14-5-2-1-3-6-14)17-9-4-11-18-12-10-16-13-18/h1-2,7-8,10,12-14H,3-6,9,11H2,(H,17,19). The second-order valence-corrected chi connectivity index (χ2v) is 4.85. The Bertz CT molecular complexity index is 434. The van der Waals surface area contributed by atoms with Gasteiger partial charge in [-0.3, -0.25) is 4.79 Å². The summed E-state index contributed by atoms with van der Waals surface area (Å²) in [7, 11) is 0. The molecule has 1 aromatic heterocycles. The Balaban J connectivity index is 1.59. The molecule has 1 amide bonds. The zero-order valence-electron chi connectivity index (χ0n) is 11.2. The minimum absolute atomic E-state index is 0.0141. The smallest absolute Gasteiger partial charge is 0.243 e. The molecule has 0 radical (unpaired) electrons. The maximum atomic E-state index is 11.6. The molecule has 0 fully saturated rings. The van der Waals surface area contributed by atoms with Crippen LogP contribution < -0.4 is 5.32 Å². The molecule has 1 atom stereocenters. The van der Waals surface area contributed by atoms with Crippen LogP contribution in [0.15, 0.2) is 43.0 Å². The first-order chi connectivity index (χ1) is 9.34. The third kappa shape index (κ3) is 5.12. The first-order valence-corrected chi connectivity index (χ1v) is 6.91. The molecule has 0 aromatic carbocycles. The fraction of sp³-hybridized carbons (Fsp3) is 0.467. The van der Waals surface area contributed by atoms with E-state index in [1.807, 2.05) is 16.8 Å². The van der Waals surface area contributed by atoms with Gasteiger partial charge in [-0.25, -0.2) is 4.98 Å². The molecule has 102 valence electrons. The molecule has 1 heterocycles. The van der Waals surface area contributed by atoms with Gasteiger partial charge in [0.05, 0.1) is 6.33 Å². The van der Waals surface area contributed by atoms with E-state index in [2.05, 4.69) is 22.5 Å². The van der Waals surface area contributed by atoms with Crippen molar-refractivity contribution >= 4 is 5.91 Å². The maximum Gasteiger partial charge on any atom is 0.243 e. The van der Waals surface area contributed by atoms with Crippen LogP contribution in [0.3, 0.4) is 0 Å². The minimum Gasteiger partial charge on any atom is -0.352 e. The van der Waals surface area contributed by atoms with Gasteiger partial charge >= 0.3 is 0 Å². The van der Waals surface area contributed by atoms with Crippen molar-refractivity contribution in [3.8, 4) is 0 Å². The Kier molecular flexibility index (Phi) is 5.41. The summed E-state index contributed by atoms with van der Waals surface area (Å²) >= 11 is 0. The highest BCUT2D eigenvalue weighted by Gasteiger charge is 2.06. The van der Waals surface area contributed by atoms with E-state index in [1.165, 1.54) is 0 Å². The van der Waals surface area contributed by atoms with Gasteiger partial charge in [-0.05, 0) is 37.7 Å². The molecule has 0 spiro atoms. The molecular formula is C15H21N3O. The van der Waals surface area contributed by atoms with Crippen LogP contribution in [0.1, 0.15) is 25.7 Å². The molecule has 1 aliphatic carbocycles. The summed E-state index contributed by atoms with van der Waals surface area (Å²) in [5.74, 6) is 0.543.